The number of nitrogen functional groups attached to an aromatic ring is 1. The molecule has 5 nitrogen and oxygen atoms in total. The average Bonchev–Trinajstić information content (AvgIpc) is 2.73. The molecule has 2 aromatic rings. The van der Waals surface area contributed by atoms with E-state index in [1.165, 1.54) is 11.5 Å². The Balaban J connectivity index is 2.01. The number of aromatic nitrogens is 4. The molecule has 0 fully saturated rings. The predicted molar refractivity (Wildman–Crippen MR) is 70.0 cm³/mol. The van der Waals surface area contributed by atoms with Gasteiger partial charge in [-0.2, -0.15) is 4.37 Å². The number of aryl methyl sites for hydroxylation is 2. The van der Waals surface area contributed by atoms with E-state index < -0.39 is 0 Å². The molecule has 0 radical (unpaired) electrons. The zero-order chi connectivity index (χ0) is 12.3. The minimum Gasteiger partial charge on any atom is -0.384 e. The van der Waals surface area contributed by atoms with Crippen LogP contribution in [0.3, 0.4) is 0 Å². The van der Waals surface area contributed by atoms with Crippen LogP contribution in [0.15, 0.2) is 10.4 Å². The van der Waals surface area contributed by atoms with Crippen molar-refractivity contribution in [2.75, 3.05) is 5.73 Å². The van der Waals surface area contributed by atoms with Crippen molar-refractivity contribution in [2.45, 2.75) is 30.4 Å². The highest BCUT2D eigenvalue weighted by molar-refractivity contribution is 8.00. The standard InChI is InChI=1S/C10H13N5S2/c1-3-8-14-10(17-15-8)16-5-9-12-6(2)4-7(11)13-9/h4H,3,5H2,1-2H3,(H2,11,12,13). The Bertz CT molecular complexity index is 491. The summed E-state index contributed by atoms with van der Waals surface area (Å²) in [4.78, 5) is 12.9. The molecule has 0 saturated heterocycles. The maximum Gasteiger partial charge on any atom is 0.170 e. The lowest BCUT2D eigenvalue weighted by Gasteiger charge is -2.00. The maximum absolute atomic E-state index is 5.67. The summed E-state index contributed by atoms with van der Waals surface area (Å²) in [6.07, 6.45) is 0.866. The molecule has 0 amide bonds. The smallest absolute Gasteiger partial charge is 0.170 e. The second-order valence-corrected chi connectivity index (χ2v) is 5.44. The van der Waals surface area contributed by atoms with Crippen LogP contribution in [0.4, 0.5) is 5.82 Å². The Morgan fingerprint density at radius 1 is 1.29 bits per heavy atom. The number of rotatable bonds is 4. The van der Waals surface area contributed by atoms with E-state index >= 15 is 0 Å². The van der Waals surface area contributed by atoms with E-state index in [0.717, 1.165) is 28.1 Å². The van der Waals surface area contributed by atoms with Crippen LogP contribution in [0.2, 0.25) is 0 Å². The lowest BCUT2D eigenvalue weighted by Crippen LogP contribution is -1.99. The number of hydrogen-bond acceptors (Lipinski definition) is 7. The van der Waals surface area contributed by atoms with Gasteiger partial charge in [-0.3, -0.25) is 0 Å². The lowest BCUT2D eigenvalue weighted by molar-refractivity contribution is 0.968. The molecule has 0 unspecified atom stereocenters. The molecular formula is C10H13N5S2. The molecular weight excluding hydrogens is 254 g/mol. The van der Waals surface area contributed by atoms with Crippen molar-refractivity contribution in [1.29, 1.82) is 0 Å². The van der Waals surface area contributed by atoms with Crippen molar-refractivity contribution < 1.29 is 0 Å². The van der Waals surface area contributed by atoms with Gasteiger partial charge in [0.1, 0.15) is 17.5 Å². The first-order valence-corrected chi connectivity index (χ1v) is 6.98. The van der Waals surface area contributed by atoms with Crippen LogP contribution >= 0.6 is 23.3 Å². The quantitative estimate of drug-likeness (QED) is 0.854. The van der Waals surface area contributed by atoms with E-state index in [9.17, 15) is 0 Å². The third-order valence-electron chi connectivity index (χ3n) is 2.01. The molecule has 2 N–H and O–H groups in total. The molecule has 2 heterocycles. The molecule has 7 heteroatoms. The van der Waals surface area contributed by atoms with Gasteiger partial charge in [-0.1, -0.05) is 18.7 Å². The minimum atomic E-state index is 0.514. The van der Waals surface area contributed by atoms with Crippen molar-refractivity contribution in [3.8, 4) is 0 Å². The summed E-state index contributed by atoms with van der Waals surface area (Å²) in [6.45, 7) is 3.95. The zero-order valence-corrected chi connectivity index (χ0v) is 11.3. The van der Waals surface area contributed by atoms with Crippen molar-refractivity contribution in [2.24, 2.45) is 0 Å². The second kappa shape index (κ2) is 5.42. The van der Waals surface area contributed by atoms with Crippen molar-refractivity contribution in [3.63, 3.8) is 0 Å². The summed E-state index contributed by atoms with van der Waals surface area (Å²) in [7, 11) is 0. The highest BCUT2D eigenvalue weighted by atomic mass is 32.2. The van der Waals surface area contributed by atoms with Gasteiger partial charge >= 0.3 is 0 Å². The molecule has 0 aromatic carbocycles. The van der Waals surface area contributed by atoms with Crippen molar-refractivity contribution >= 4 is 29.1 Å². The Labute approximate surface area is 108 Å². The number of nitrogens with zero attached hydrogens (tertiary/aromatic N) is 4. The predicted octanol–water partition coefficient (Wildman–Crippen LogP) is 2.07. The highest BCUT2D eigenvalue weighted by Crippen LogP contribution is 2.23. The minimum absolute atomic E-state index is 0.514. The first kappa shape index (κ1) is 12.3. The lowest BCUT2D eigenvalue weighted by atomic mass is 10.4. The summed E-state index contributed by atoms with van der Waals surface area (Å²) >= 11 is 3.01. The topological polar surface area (TPSA) is 77.6 Å². The fourth-order valence-electron chi connectivity index (χ4n) is 1.29. The average molecular weight is 267 g/mol. The molecule has 0 saturated carbocycles. The third-order valence-corrected chi connectivity index (χ3v) is 3.88. The first-order chi connectivity index (χ1) is 8.17. The molecule has 2 rings (SSSR count). The molecule has 0 aliphatic heterocycles. The monoisotopic (exact) mass is 267 g/mol. The van der Waals surface area contributed by atoms with Gasteiger partial charge in [0.05, 0.1) is 5.75 Å². The van der Waals surface area contributed by atoms with Crippen LogP contribution in [-0.2, 0) is 12.2 Å². The van der Waals surface area contributed by atoms with E-state index in [1.54, 1.807) is 17.8 Å². The first-order valence-electron chi connectivity index (χ1n) is 5.22. The van der Waals surface area contributed by atoms with Gasteiger partial charge < -0.3 is 5.73 Å². The number of hydrogen-bond donors (Lipinski definition) is 1. The van der Waals surface area contributed by atoms with E-state index in [2.05, 4.69) is 19.3 Å². The summed E-state index contributed by atoms with van der Waals surface area (Å²) in [6, 6.07) is 1.76. The van der Waals surface area contributed by atoms with Gasteiger partial charge in [0.2, 0.25) is 0 Å². The van der Waals surface area contributed by atoms with Crippen LogP contribution < -0.4 is 5.73 Å². The molecule has 17 heavy (non-hydrogen) atoms. The van der Waals surface area contributed by atoms with E-state index in [-0.39, 0.29) is 0 Å². The fraction of sp³-hybridized carbons (Fsp3) is 0.400. The van der Waals surface area contributed by atoms with Crippen LogP contribution in [0.1, 0.15) is 24.3 Å². The van der Waals surface area contributed by atoms with Crippen LogP contribution in [-0.4, -0.2) is 19.3 Å². The zero-order valence-electron chi connectivity index (χ0n) is 9.67. The summed E-state index contributed by atoms with van der Waals surface area (Å²) in [5.74, 6) is 2.81. The second-order valence-electron chi connectivity index (χ2n) is 3.47. The maximum atomic E-state index is 5.67. The SMILES string of the molecule is CCc1nsc(SCc2nc(C)cc(N)n2)n1. The highest BCUT2D eigenvalue weighted by Gasteiger charge is 2.06. The van der Waals surface area contributed by atoms with E-state index in [4.69, 9.17) is 5.73 Å². The molecule has 2 aromatic heterocycles. The Morgan fingerprint density at radius 3 is 2.76 bits per heavy atom. The number of anilines is 1. The van der Waals surface area contributed by atoms with Gasteiger partial charge in [0.25, 0.3) is 0 Å². The molecule has 0 spiro atoms. The Hall–Kier alpha value is -1.21. The normalized spacial score (nSPS) is 10.7. The van der Waals surface area contributed by atoms with Crippen molar-refractivity contribution in [3.05, 3.63) is 23.4 Å². The number of nitrogens with two attached hydrogens (primary N) is 1. The van der Waals surface area contributed by atoms with Gasteiger partial charge in [-0.05, 0) is 18.5 Å². The molecule has 0 atom stereocenters. The van der Waals surface area contributed by atoms with Gasteiger partial charge in [-0.15, -0.1) is 0 Å². The fourth-order valence-corrected chi connectivity index (χ4v) is 2.84. The van der Waals surface area contributed by atoms with E-state index in [0.29, 0.717) is 11.6 Å². The summed E-state index contributed by atoms with van der Waals surface area (Å²) < 4.78 is 5.18. The van der Waals surface area contributed by atoms with Gasteiger partial charge in [0.15, 0.2) is 4.34 Å². The van der Waals surface area contributed by atoms with Gasteiger partial charge in [-0.25, -0.2) is 15.0 Å². The van der Waals surface area contributed by atoms with Crippen LogP contribution in [0.5, 0.6) is 0 Å². The molecule has 0 aliphatic carbocycles. The molecule has 0 bridgehead atoms. The Morgan fingerprint density at radius 2 is 2.12 bits per heavy atom. The Kier molecular flexibility index (Phi) is 3.90. The largest absolute Gasteiger partial charge is 0.384 e. The molecule has 0 aliphatic rings. The summed E-state index contributed by atoms with van der Waals surface area (Å²) in [5, 5.41) is 0. The van der Waals surface area contributed by atoms with Gasteiger partial charge in [0, 0.05) is 18.2 Å². The summed E-state index contributed by atoms with van der Waals surface area (Å²) in [5.41, 5.74) is 6.56. The van der Waals surface area contributed by atoms with Crippen molar-refractivity contribution in [1.82, 2.24) is 19.3 Å². The number of thioether (sulfide) groups is 1. The van der Waals surface area contributed by atoms with Crippen LogP contribution in [0.25, 0.3) is 0 Å². The third kappa shape index (κ3) is 3.37. The molecule has 90 valence electrons. The van der Waals surface area contributed by atoms with E-state index in [1.807, 2.05) is 13.8 Å². The van der Waals surface area contributed by atoms with Crippen LogP contribution in [0, 0.1) is 6.92 Å².